The molecule has 1 aromatic carbocycles. The first-order valence-corrected chi connectivity index (χ1v) is 4.16. The quantitative estimate of drug-likeness (QED) is 0.574. The Morgan fingerprint density at radius 1 is 1.13 bits per heavy atom. The number of ketones is 1. The number of carbonyl (C=O) groups is 2. The van der Waals surface area contributed by atoms with E-state index in [9.17, 15) is 9.59 Å². The second-order valence-corrected chi connectivity index (χ2v) is 2.76. The molecular weight excluding hydrogens is 198 g/mol. The van der Waals surface area contributed by atoms with Crippen LogP contribution in [0.3, 0.4) is 0 Å². The Morgan fingerprint density at radius 2 is 1.73 bits per heavy atom. The molecule has 0 bridgehead atoms. The number of benzene rings is 1. The lowest BCUT2D eigenvalue weighted by Crippen LogP contribution is -2.23. The molecule has 2 N–H and O–H groups in total. The van der Waals surface area contributed by atoms with Crippen LogP contribution in [0.2, 0.25) is 0 Å². The summed E-state index contributed by atoms with van der Waals surface area (Å²) >= 11 is 0. The normalized spacial score (nSPS) is 9.47. The Bertz CT molecular complexity index is 400. The van der Waals surface area contributed by atoms with Crippen LogP contribution in [0.4, 0.5) is 0 Å². The van der Waals surface area contributed by atoms with Gasteiger partial charge in [-0.1, -0.05) is 0 Å². The average molecular weight is 209 g/mol. The number of hydrogen-bond donors (Lipinski definition) is 1. The third kappa shape index (κ3) is 2.25. The summed E-state index contributed by atoms with van der Waals surface area (Å²) in [5, 5.41) is 0. The predicted octanol–water partition coefficient (Wildman–Crippen LogP) is 0.372. The number of nitrogens with two attached hydrogens (primary N) is 1. The van der Waals surface area contributed by atoms with Gasteiger partial charge in [0.1, 0.15) is 0 Å². The predicted molar refractivity (Wildman–Crippen MR) is 53.1 cm³/mol. The first-order chi connectivity index (χ1) is 7.10. The van der Waals surface area contributed by atoms with Crippen molar-refractivity contribution in [3.63, 3.8) is 0 Å². The van der Waals surface area contributed by atoms with Gasteiger partial charge in [0.25, 0.3) is 5.91 Å². The highest BCUT2D eigenvalue weighted by Crippen LogP contribution is 2.27. The van der Waals surface area contributed by atoms with Gasteiger partial charge in [-0.3, -0.25) is 9.59 Å². The Kier molecular flexibility index (Phi) is 3.28. The third-order valence-electron chi connectivity index (χ3n) is 1.87. The minimum atomic E-state index is -0.998. The van der Waals surface area contributed by atoms with Crippen LogP contribution in [-0.4, -0.2) is 25.9 Å². The van der Waals surface area contributed by atoms with Crippen LogP contribution in [0.1, 0.15) is 10.4 Å². The molecule has 0 aliphatic rings. The maximum absolute atomic E-state index is 11.2. The van der Waals surface area contributed by atoms with E-state index in [1.807, 2.05) is 0 Å². The fourth-order valence-electron chi connectivity index (χ4n) is 1.12. The molecule has 0 aliphatic carbocycles. The van der Waals surface area contributed by atoms with Crippen LogP contribution >= 0.6 is 0 Å². The monoisotopic (exact) mass is 209 g/mol. The number of hydrogen-bond acceptors (Lipinski definition) is 4. The molecule has 0 fully saturated rings. The summed E-state index contributed by atoms with van der Waals surface area (Å²) in [5.74, 6) is -0.888. The van der Waals surface area contributed by atoms with Crippen molar-refractivity contribution in [2.75, 3.05) is 14.2 Å². The van der Waals surface area contributed by atoms with E-state index in [0.29, 0.717) is 11.5 Å². The van der Waals surface area contributed by atoms with Gasteiger partial charge in [-0.15, -0.1) is 0 Å². The van der Waals surface area contributed by atoms with Crippen LogP contribution in [0, 0.1) is 0 Å². The Morgan fingerprint density at radius 3 is 2.20 bits per heavy atom. The summed E-state index contributed by atoms with van der Waals surface area (Å²) in [6.45, 7) is 0. The molecule has 0 unspecified atom stereocenters. The molecule has 1 aromatic rings. The molecule has 0 atom stereocenters. The van der Waals surface area contributed by atoms with Crippen LogP contribution in [0.25, 0.3) is 0 Å². The smallest absolute Gasteiger partial charge is 0.289 e. The largest absolute Gasteiger partial charge is 0.493 e. The SMILES string of the molecule is COc1ccc(C(=O)C(N)=O)cc1OC. The van der Waals surface area contributed by atoms with Gasteiger partial charge in [-0.25, -0.2) is 0 Å². The van der Waals surface area contributed by atoms with Gasteiger partial charge in [0.05, 0.1) is 14.2 Å². The van der Waals surface area contributed by atoms with Gasteiger partial charge in [0, 0.05) is 5.56 Å². The van der Waals surface area contributed by atoms with Crippen LogP contribution in [-0.2, 0) is 4.79 Å². The molecular formula is C10H11NO4. The highest BCUT2D eigenvalue weighted by atomic mass is 16.5. The second-order valence-electron chi connectivity index (χ2n) is 2.76. The van der Waals surface area contributed by atoms with E-state index in [-0.39, 0.29) is 5.56 Å². The maximum Gasteiger partial charge on any atom is 0.289 e. The van der Waals surface area contributed by atoms with Crippen molar-refractivity contribution < 1.29 is 19.1 Å². The fourth-order valence-corrected chi connectivity index (χ4v) is 1.12. The molecule has 0 saturated carbocycles. The molecule has 1 amide bonds. The standard InChI is InChI=1S/C10H11NO4/c1-14-7-4-3-6(5-8(7)15-2)9(12)10(11)13/h3-5H,1-2H3,(H2,11,13). The first-order valence-electron chi connectivity index (χ1n) is 4.16. The van der Waals surface area contributed by atoms with Gasteiger partial charge in [-0.05, 0) is 18.2 Å². The van der Waals surface area contributed by atoms with E-state index < -0.39 is 11.7 Å². The zero-order valence-electron chi connectivity index (χ0n) is 8.44. The molecule has 0 spiro atoms. The summed E-state index contributed by atoms with van der Waals surface area (Å²) < 4.78 is 9.96. The zero-order valence-corrected chi connectivity index (χ0v) is 8.44. The average Bonchev–Trinajstić information content (AvgIpc) is 2.26. The van der Waals surface area contributed by atoms with Crippen molar-refractivity contribution in [1.29, 1.82) is 0 Å². The van der Waals surface area contributed by atoms with Crippen LogP contribution < -0.4 is 15.2 Å². The number of Topliss-reactive ketones (excluding diaryl/α,β-unsaturated/α-hetero) is 1. The Balaban J connectivity index is 3.13. The minimum absolute atomic E-state index is 0.181. The summed E-state index contributed by atoms with van der Waals surface area (Å²) in [5.41, 5.74) is 5.05. The van der Waals surface area contributed by atoms with E-state index in [1.165, 1.54) is 32.4 Å². The molecule has 0 saturated heterocycles. The lowest BCUT2D eigenvalue weighted by atomic mass is 10.1. The van der Waals surface area contributed by atoms with Crippen molar-refractivity contribution in [2.45, 2.75) is 0 Å². The van der Waals surface area contributed by atoms with Crippen molar-refractivity contribution in [3.05, 3.63) is 23.8 Å². The van der Waals surface area contributed by atoms with Gasteiger partial charge in [0.15, 0.2) is 11.5 Å². The number of methoxy groups -OCH3 is 2. The summed E-state index contributed by atoms with van der Waals surface area (Å²) in [4.78, 5) is 21.9. The lowest BCUT2D eigenvalue weighted by Gasteiger charge is -2.07. The molecule has 80 valence electrons. The molecule has 1 rings (SSSR count). The Hall–Kier alpha value is -2.04. The van der Waals surface area contributed by atoms with E-state index in [1.54, 1.807) is 0 Å². The number of amides is 1. The van der Waals surface area contributed by atoms with E-state index in [4.69, 9.17) is 15.2 Å². The van der Waals surface area contributed by atoms with Crippen LogP contribution in [0.15, 0.2) is 18.2 Å². The highest BCUT2D eigenvalue weighted by molar-refractivity contribution is 6.42. The lowest BCUT2D eigenvalue weighted by molar-refractivity contribution is -0.114. The van der Waals surface area contributed by atoms with Gasteiger partial charge >= 0.3 is 0 Å². The number of carbonyl (C=O) groups excluding carboxylic acids is 2. The molecule has 5 heteroatoms. The Labute approximate surface area is 86.8 Å². The highest BCUT2D eigenvalue weighted by Gasteiger charge is 2.14. The minimum Gasteiger partial charge on any atom is -0.493 e. The molecule has 5 nitrogen and oxygen atoms in total. The molecule has 15 heavy (non-hydrogen) atoms. The topological polar surface area (TPSA) is 78.6 Å². The van der Waals surface area contributed by atoms with E-state index in [2.05, 4.69) is 0 Å². The molecule has 0 radical (unpaired) electrons. The van der Waals surface area contributed by atoms with E-state index >= 15 is 0 Å². The van der Waals surface area contributed by atoms with Gasteiger partial charge in [-0.2, -0.15) is 0 Å². The zero-order chi connectivity index (χ0) is 11.4. The van der Waals surface area contributed by atoms with Crippen molar-refractivity contribution in [3.8, 4) is 11.5 Å². The molecule has 0 aliphatic heterocycles. The molecule has 0 aromatic heterocycles. The molecule has 0 heterocycles. The van der Waals surface area contributed by atoms with Crippen molar-refractivity contribution >= 4 is 11.7 Å². The maximum atomic E-state index is 11.2. The number of rotatable bonds is 4. The van der Waals surface area contributed by atoms with Crippen LogP contribution in [0.5, 0.6) is 11.5 Å². The van der Waals surface area contributed by atoms with Gasteiger partial charge < -0.3 is 15.2 Å². The van der Waals surface area contributed by atoms with Crippen molar-refractivity contribution in [2.24, 2.45) is 5.73 Å². The fraction of sp³-hybridized carbons (Fsp3) is 0.200. The van der Waals surface area contributed by atoms with Crippen molar-refractivity contribution in [1.82, 2.24) is 0 Å². The number of ether oxygens (including phenoxy) is 2. The third-order valence-corrected chi connectivity index (χ3v) is 1.87. The van der Waals surface area contributed by atoms with Gasteiger partial charge in [0.2, 0.25) is 5.78 Å². The summed E-state index contributed by atoms with van der Waals surface area (Å²) in [6.07, 6.45) is 0. The summed E-state index contributed by atoms with van der Waals surface area (Å²) in [6, 6.07) is 4.40. The second kappa shape index (κ2) is 4.45. The number of primary amides is 1. The van der Waals surface area contributed by atoms with E-state index in [0.717, 1.165) is 0 Å². The summed E-state index contributed by atoms with van der Waals surface area (Å²) in [7, 11) is 2.92. The first kappa shape index (κ1) is 11.0.